The Hall–Kier alpha value is -3.60. The second-order valence-corrected chi connectivity index (χ2v) is 7.39. The van der Waals surface area contributed by atoms with Gasteiger partial charge in [-0.3, -0.25) is 9.78 Å². The Morgan fingerprint density at radius 1 is 1.06 bits per heavy atom. The number of fused-ring (bicyclic) bond motifs is 1. The van der Waals surface area contributed by atoms with Gasteiger partial charge in [0.25, 0.3) is 5.91 Å². The molecular formula is C26H26N2O3. The van der Waals surface area contributed by atoms with Gasteiger partial charge >= 0.3 is 0 Å². The lowest BCUT2D eigenvalue weighted by atomic mass is 10.0. The molecule has 1 amide bonds. The molecule has 1 aliphatic heterocycles. The molecule has 0 saturated heterocycles. The zero-order chi connectivity index (χ0) is 21.5. The maximum Gasteiger partial charge on any atom is 0.253 e. The van der Waals surface area contributed by atoms with E-state index in [1.807, 2.05) is 66.4 Å². The molecule has 4 rings (SSSR count). The van der Waals surface area contributed by atoms with Crippen LogP contribution in [0.4, 0.5) is 0 Å². The first-order valence-corrected chi connectivity index (χ1v) is 10.6. The third-order valence-corrected chi connectivity index (χ3v) is 5.18. The fourth-order valence-corrected chi connectivity index (χ4v) is 3.65. The minimum absolute atomic E-state index is 0.0211. The van der Waals surface area contributed by atoms with E-state index < -0.39 is 0 Å². The van der Waals surface area contributed by atoms with Crippen LogP contribution in [0.25, 0.3) is 6.08 Å². The highest BCUT2D eigenvalue weighted by Gasteiger charge is 2.24. The van der Waals surface area contributed by atoms with Gasteiger partial charge in [0, 0.05) is 31.0 Å². The average Bonchev–Trinajstić information content (AvgIpc) is 2.82. The summed E-state index contributed by atoms with van der Waals surface area (Å²) in [4.78, 5) is 19.5. The van der Waals surface area contributed by atoms with Crippen LogP contribution in [0.1, 0.15) is 23.6 Å². The predicted octanol–water partition coefficient (Wildman–Crippen LogP) is 4.53. The molecule has 1 aliphatic rings. The van der Waals surface area contributed by atoms with Crippen LogP contribution >= 0.6 is 0 Å². The Kier molecular flexibility index (Phi) is 6.62. The molecule has 1 aromatic heterocycles. The second-order valence-electron chi connectivity index (χ2n) is 7.39. The highest BCUT2D eigenvalue weighted by molar-refractivity contribution is 5.99. The molecule has 31 heavy (non-hydrogen) atoms. The zero-order valence-electron chi connectivity index (χ0n) is 17.7. The Morgan fingerprint density at radius 3 is 2.68 bits per heavy atom. The van der Waals surface area contributed by atoms with Gasteiger partial charge in [-0.25, -0.2) is 0 Å². The monoisotopic (exact) mass is 414 g/mol. The third-order valence-electron chi connectivity index (χ3n) is 5.18. The van der Waals surface area contributed by atoms with Crippen molar-refractivity contribution in [3.8, 4) is 11.5 Å². The summed E-state index contributed by atoms with van der Waals surface area (Å²) in [7, 11) is 0. The number of aromatic nitrogens is 1. The van der Waals surface area contributed by atoms with E-state index in [0.29, 0.717) is 36.8 Å². The molecule has 0 unspecified atom stereocenters. The average molecular weight is 415 g/mol. The molecule has 0 radical (unpaired) electrons. The summed E-state index contributed by atoms with van der Waals surface area (Å²) >= 11 is 0. The number of benzene rings is 2. The maximum atomic E-state index is 13.5. The van der Waals surface area contributed by atoms with Crippen LogP contribution in [-0.4, -0.2) is 35.5 Å². The number of pyridine rings is 1. The minimum Gasteiger partial charge on any atom is -0.490 e. The first-order chi connectivity index (χ1) is 15.2. The van der Waals surface area contributed by atoms with Crippen LogP contribution in [0, 0.1) is 0 Å². The van der Waals surface area contributed by atoms with Gasteiger partial charge in [0.2, 0.25) is 0 Å². The molecular weight excluding hydrogens is 388 g/mol. The minimum atomic E-state index is -0.0211. The highest BCUT2D eigenvalue weighted by atomic mass is 16.5. The summed E-state index contributed by atoms with van der Waals surface area (Å²) in [5, 5.41) is 0. The van der Waals surface area contributed by atoms with Crippen LogP contribution in [0.3, 0.4) is 0 Å². The Morgan fingerprint density at radius 2 is 1.90 bits per heavy atom. The van der Waals surface area contributed by atoms with Gasteiger partial charge in [0.1, 0.15) is 6.61 Å². The molecule has 0 aliphatic carbocycles. The van der Waals surface area contributed by atoms with Gasteiger partial charge in [-0.2, -0.15) is 0 Å². The van der Waals surface area contributed by atoms with Gasteiger partial charge in [-0.05, 0) is 42.7 Å². The quantitative estimate of drug-likeness (QED) is 0.544. The van der Waals surface area contributed by atoms with E-state index in [1.54, 1.807) is 12.4 Å². The van der Waals surface area contributed by atoms with Gasteiger partial charge in [0.05, 0.1) is 12.2 Å². The molecule has 0 atom stereocenters. The number of carbonyl (C=O) groups excluding carboxylic acids is 1. The second kappa shape index (κ2) is 9.94. The number of rotatable bonds is 8. The maximum absolute atomic E-state index is 13.5. The fraction of sp³-hybridized carbons (Fsp3) is 0.231. The Bertz CT molecular complexity index is 1050. The van der Waals surface area contributed by atoms with E-state index in [4.69, 9.17) is 9.47 Å². The number of carbonyl (C=O) groups is 1. The van der Waals surface area contributed by atoms with Crippen molar-refractivity contribution in [3.63, 3.8) is 0 Å². The summed E-state index contributed by atoms with van der Waals surface area (Å²) in [5.74, 6) is 1.38. The zero-order valence-corrected chi connectivity index (χ0v) is 17.7. The summed E-state index contributed by atoms with van der Waals surface area (Å²) in [5.41, 5.74) is 3.70. The molecule has 2 heterocycles. The molecule has 2 aromatic carbocycles. The van der Waals surface area contributed by atoms with Crippen molar-refractivity contribution in [1.29, 1.82) is 0 Å². The fourth-order valence-electron chi connectivity index (χ4n) is 3.65. The number of nitrogens with zero attached hydrogens (tertiary/aromatic N) is 2. The first-order valence-electron chi connectivity index (χ1n) is 10.6. The summed E-state index contributed by atoms with van der Waals surface area (Å²) in [6.07, 6.45) is 6.25. The molecule has 158 valence electrons. The largest absolute Gasteiger partial charge is 0.490 e. The molecule has 0 N–H and O–H groups in total. The summed E-state index contributed by atoms with van der Waals surface area (Å²) in [6, 6.07) is 19.8. The van der Waals surface area contributed by atoms with Gasteiger partial charge in [0.15, 0.2) is 11.5 Å². The summed E-state index contributed by atoms with van der Waals surface area (Å²) < 4.78 is 11.6. The van der Waals surface area contributed by atoms with E-state index in [-0.39, 0.29) is 12.5 Å². The molecule has 3 aromatic rings. The van der Waals surface area contributed by atoms with E-state index in [2.05, 4.69) is 17.1 Å². The molecule has 5 heteroatoms. The Labute approximate surface area is 183 Å². The number of ether oxygens (including phenoxy) is 2. The van der Waals surface area contributed by atoms with E-state index in [0.717, 1.165) is 17.5 Å². The number of amides is 1. The smallest absolute Gasteiger partial charge is 0.253 e. The van der Waals surface area contributed by atoms with Crippen LogP contribution in [0.15, 0.2) is 78.6 Å². The van der Waals surface area contributed by atoms with E-state index in [1.165, 1.54) is 5.56 Å². The van der Waals surface area contributed by atoms with Crippen LogP contribution in [0.2, 0.25) is 0 Å². The molecule has 0 saturated carbocycles. The Balaban J connectivity index is 1.56. The normalized spacial score (nSPS) is 12.4. The standard InChI is InChI=1S/C26H26N2O3/c1-2-30-24-12-6-11-22-16-23(19-31-25(22)24)26(29)28(18-21-10-7-14-27-17-21)15-13-20-8-4-3-5-9-20/h3-12,14,16-17H,2,13,15,18-19H2,1H3. The van der Waals surface area contributed by atoms with Gasteiger partial charge in [-0.15, -0.1) is 0 Å². The molecule has 0 spiro atoms. The van der Waals surface area contributed by atoms with Crippen LogP contribution in [-0.2, 0) is 17.8 Å². The van der Waals surface area contributed by atoms with Crippen molar-refractivity contribution < 1.29 is 14.3 Å². The van der Waals surface area contributed by atoms with Crippen LogP contribution in [0.5, 0.6) is 11.5 Å². The lowest BCUT2D eigenvalue weighted by Gasteiger charge is -2.26. The van der Waals surface area contributed by atoms with Crippen molar-refractivity contribution >= 4 is 12.0 Å². The van der Waals surface area contributed by atoms with E-state index in [9.17, 15) is 4.79 Å². The SMILES string of the molecule is CCOc1cccc2c1OCC(C(=O)N(CCc1ccccc1)Cc1cccnc1)=C2. The topological polar surface area (TPSA) is 51.7 Å². The van der Waals surface area contributed by atoms with Crippen molar-refractivity contribution in [3.05, 3.63) is 95.3 Å². The molecule has 0 fully saturated rings. The lowest BCUT2D eigenvalue weighted by Crippen LogP contribution is -2.35. The number of hydrogen-bond acceptors (Lipinski definition) is 4. The first kappa shape index (κ1) is 20.7. The van der Waals surface area contributed by atoms with Crippen molar-refractivity contribution in [2.24, 2.45) is 0 Å². The van der Waals surface area contributed by atoms with E-state index >= 15 is 0 Å². The van der Waals surface area contributed by atoms with Crippen molar-refractivity contribution in [2.45, 2.75) is 19.9 Å². The third kappa shape index (κ3) is 5.12. The van der Waals surface area contributed by atoms with Crippen molar-refractivity contribution in [2.75, 3.05) is 19.8 Å². The summed E-state index contributed by atoms with van der Waals surface area (Å²) in [6.45, 7) is 3.85. The molecule has 5 nitrogen and oxygen atoms in total. The predicted molar refractivity (Wildman–Crippen MR) is 121 cm³/mol. The number of hydrogen-bond donors (Lipinski definition) is 0. The number of para-hydroxylation sites is 1. The lowest BCUT2D eigenvalue weighted by molar-refractivity contribution is -0.128. The highest BCUT2D eigenvalue weighted by Crippen LogP contribution is 2.36. The molecule has 0 bridgehead atoms. The van der Waals surface area contributed by atoms with Gasteiger partial charge in [-0.1, -0.05) is 48.5 Å². The van der Waals surface area contributed by atoms with Crippen LogP contribution < -0.4 is 9.47 Å². The van der Waals surface area contributed by atoms with Gasteiger partial charge < -0.3 is 14.4 Å². The van der Waals surface area contributed by atoms with Crippen molar-refractivity contribution in [1.82, 2.24) is 9.88 Å².